The number of rotatable bonds is 1. The number of benzene rings is 1. The van der Waals surface area contributed by atoms with Crippen molar-refractivity contribution in [3.8, 4) is 5.75 Å². The molecule has 0 aliphatic carbocycles. The summed E-state index contributed by atoms with van der Waals surface area (Å²) >= 11 is 0. The first-order valence-corrected chi connectivity index (χ1v) is 7.83. The Morgan fingerprint density at radius 1 is 1.10 bits per heavy atom. The van der Waals surface area contributed by atoms with E-state index in [1.54, 1.807) is 0 Å². The summed E-state index contributed by atoms with van der Waals surface area (Å²) in [5.41, 5.74) is 3.43. The minimum Gasteiger partial charge on any atom is -0.493 e. The molecule has 0 radical (unpaired) electrons. The Kier molecular flexibility index (Phi) is 3.99. The molecule has 2 heterocycles. The first-order valence-electron chi connectivity index (χ1n) is 7.83. The zero-order valence-electron chi connectivity index (χ0n) is 12.6. The van der Waals surface area contributed by atoms with Gasteiger partial charge in [0, 0.05) is 11.6 Å². The molecular formula is C17H25NO2. The number of likely N-dealkylation sites (tertiary alicyclic amines) is 1. The second-order valence-corrected chi connectivity index (χ2v) is 6.22. The van der Waals surface area contributed by atoms with Crippen LogP contribution in [0.1, 0.15) is 48.5 Å². The molecule has 1 saturated heterocycles. The Labute approximate surface area is 121 Å². The van der Waals surface area contributed by atoms with E-state index in [-0.39, 0.29) is 6.04 Å². The van der Waals surface area contributed by atoms with Crippen LogP contribution in [0.4, 0.5) is 0 Å². The number of hydrogen-bond donors (Lipinski definition) is 1. The lowest BCUT2D eigenvalue weighted by Gasteiger charge is -2.36. The second kappa shape index (κ2) is 5.74. The van der Waals surface area contributed by atoms with E-state index in [9.17, 15) is 5.11 Å². The van der Waals surface area contributed by atoms with Gasteiger partial charge in [-0.25, -0.2) is 0 Å². The van der Waals surface area contributed by atoms with Crippen LogP contribution in [0.2, 0.25) is 0 Å². The van der Waals surface area contributed by atoms with Crippen LogP contribution in [0, 0.1) is 13.8 Å². The maximum atomic E-state index is 10.8. The minimum atomic E-state index is -0.426. The molecule has 0 bridgehead atoms. The van der Waals surface area contributed by atoms with Crippen LogP contribution in [0.15, 0.2) is 12.1 Å². The van der Waals surface area contributed by atoms with Crippen LogP contribution in [0.5, 0.6) is 5.75 Å². The van der Waals surface area contributed by atoms with Gasteiger partial charge in [-0.2, -0.15) is 0 Å². The van der Waals surface area contributed by atoms with Gasteiger partial charge in [0.1, 0.15) is 5.75 Å². The molecule has 3 heteroatoms. The van der Waals surface area contributed by atoms with Gasteiger partial charge in [0.15, 0.2) is 0 Å². The Morgan fingerprint density at radius 3 is 2.55 bits per heavy atom. The molecule has 3 rings (SSSR count). The van der Waals surface area contributed by atoms with Gasteiger partial charge in [0.2, 0.25) is 0 Å². The van der Waals surface area contributed by atoms with Crippen molar-refractivity contribution < 1.29 is 9.84 Å². The van der Waals surface area contributed by atoms with Gasteiger partial charge >= 0.3 is 0 Å². The molecule has 2 aliphatic heterocycles. The van der Waals surface area contributed by atoms with E-state index in [2.05, 4.69) is 30.9 Å². The monoisotopic (exact) mass is 275 g/mol. The van der Waals surface area contributed by atoms with Crippen molar-refractivity contribution in [1.29, 1.82) is 0 Å². The lowest BCUT2D eigenvalue weighted by atomic mass is 9.94. The van der Waals surface area contributed by atoms with Crippen LogP contribution >= 0.6 is 0 Å². The Bertz CT molecular complexity index is 480. The van der Waals surface area contributed by atoms with Gasteiger partial charge in [-0.15, -0.1) is 0 Å². The van der Waals surface area contributed by atoms with Crippen molar-refractivity contribution in [2.45, 2.75) is 51.7 Å². The smallest absolute Gasteiger partial charge is 0.125 e. The SMILES string of the molecule is Cc1cc2c(cc1C)C(O)C(N1CCCCC1)CCO2. The quantitative estimate of drug-likeness (QED) is 0.855. The Hall–Kier alpha value is -1.06. The highest BCUT2D eigenvalue weighted by atomic mass is 16.5. The summed E-state index contributed by atoms with van der Waals surface area (Å²) in [6, 6.07) is 4.39. The maximum Gasteiger partial charge on any atom is 0.125 e. The van der Waals surface area contributed by atoms with E-state index >= 15 is 0 Å². The number of fused-ring (bicyclic) bond motifs is 1. The summed E-state index contributed by atoms with van der Waals surface area (Å²) < 4.78 is 5.89. The lowest BCUT2D eigenvalue weighted by molar-refractivity contribution is 0.0334. The fourth-order valence-corrected chi connectivity index (χ4v) is 3.46. The summed E-state index contributed by atoms with van der Waals surface area (Å²) in [7, 11) is 0. The third-order valence-corrected chi connectivity index (χ3v) is 4.84. The third-order valence-electron chi connectivity index (χ3n) is 4.84. The number of piperidine rings is 1. The molecule has 110 valence electrons. The average molecular weight is 275 g/mol. The fraction of sp³-hybridized carbons (Fsp3) is 0.647. The van der Waals surface area contributed by atoms with Crippen LogP contribution in [0.3, 0.4) is 0 Å². The molecule has 0 aromatic heterocycles. The molecule has 2 atom stereocenters. The first-order chi connectivity index (χ1) is 9.66. The molecule has 1 aromatic rings. The highest BCUT2D eigenvalue weighted by Crippen LogP contribution is 2.36. The van der Waals surface area contributed by atoms with Gasteiger partial charge < -0.3 is 9.84 Å². The molecule has 2 unspecified atom stereocenters. The Morgan fingerprint density at radius 2 is 1.80 bits per heavy atom. The summed E-state index contributed by atoms with van der Waals surface area (Å²) in [4.78, 5) is 2.46. The predicted octanol–water partition coefficient (Wildman–Crippen LogP) is 2.97. The van der Waals surface area contributed by atoms with Crippen molar-refractivity contribution in [3.05, 3.63) is 28.8 Å². The molecule has 0 amide bonds. The second-order valence-electron chi connectivity index (χ2n) is 6.22. The number of hydrogen-bond acceptors (Lipinski definition) is 3. The van der Waals surface area contributed by atoms with Gasteiger partial charge in [0.25, 0.3) is 0 Å². The zero-order chi connectivity index (χ0) is 14.1. The highest BCUT2D eigenvalue weighted by molar-refractivity contribution is 5.44. The maximum absolute atomic E-state index is 10.8. The molecule has 0 spiro atoms. The number of aliphatic hydroxyl groups is 1. The van der Waals surface area contributed by atoms with Gasteiger partial charge in [-0.05, 0) is 69.5 Å². The van der Waals surface area contributed by atoms with Crippen LogP contribution in [-0.2, 0) is 0 Å². The van der Waals surface area contributed by atoms with Crippen molar-refractivity contribution >= 4 is 0 Å². The van der Waals surface area contributed by atoms with Crippen molar-refractivity contribution in [1.82, 2.24) is 4.90 Å². The van der Waals surface area contributed by atoms with E-state index in [1.807, 2.05) is 0 Å². The zero-order valence-corrected chi connectivity index (χ0v) is 12.6. The van der Waals surface area contributed by atoms with E-state index in [0.29, 0.717) is 6.61 Å². The normalized spacial score (nSPS) is 27.6. The van der Waals surface area contributed by atoms with Gasteiger partial charge in [0.05, 0.1) is 12.7 Å². The summed E-state index contributed by atoms with van der Waals surface area (Å²) in [6.07, 6.45) is 4.32. The largest absolute Gasteiger partial charge is 0.493 e. The van der Waals surface area contributed by atoms with Gasteiger partial charge in [-0.3, -0.25) is 4.90 Å². The number of aryl methyl sites for hydroxylation is 2. The Balaban J connectivity index is 1.90. The van der Waals surface area contributed by atoms with E-state index in [0.717, 1.165) is 30.8 Å². The summed E-state index contributed by atoms with van der Waals surface area (Å²) in [6.45, 7) is 7.12. The van der Waals surface area contributed by atoms with Gasteiger partial charge in [-0.1, -0.05) is 6.42 Å². The molecule has 1 N–H and O–H groups in total. The highest BCUT2D eigenvalue weighted by Gasteiger charge is 2.32. The lowest BCUT2D eigenvalue weighted by Crippen LogP contribution is -2.43. The minimum absolute atomic E-state index is 0.207. The van der Waals surface area contributed by atoms with Crippen molar-refractivity contribution in [2.75, 3.05) is 19.7 Å². The molecule has 2 aliphatic rings. The number of nitrogens with zero attached hydrogens (tertiary/aromatic N) is 1. The van der Waals surface area contributed by atoms with E-state index in [1.165, 1.54) is 30.4 Å². The molecule has 3 nitrogen and oxygen atoms in total. The van der Waals surface area contributed by atoms with Crippen molar-refractivity contribution in [2.24, 2.45) is 0 Å². The molecule has 1 fully saturated rings. The molecular weight excluding hydrogens is 250 g/mol. The van der Waals surface area contributed by atoms with E-state index in [4.69, 9.17) is 4.74 Å². The van der Waals surface area contributed by atoms with Crippen LogP contribution in [0.25, 0.3) is 0 Å². The predicted molar refractivity (Wildman–Crippen MR) is 80.2 cm³/mol. The average Bonchev–Trinajstić information content (AvgIpc) is 2.61. The first kappa shape index (κ1) is 13.9. The van der Waals surface area contributed by atoms with Crippen LogP contribution in [-0.4, -0.2) is 35.7 Å². The summed E-state index contributed by atoms with van der Waals surface area (Å²) in [5.74, 6) is 0.875. The van der Waals surface area contributed by atoms with E-state index < -0.39 is 6.10 Å². The molecule has 1 aromatic carbocycles. The summed E-state index contributed by atoms with van der Waals surface area (Å²) in [5, 5.41) is 10.8. The molecule has 0 saturated carbocycles. The number of ether oxygens (including phenoxy) is 1. The standard InChI is InChI=1S/C17H25NO2/c1-12-10-14-16(11-13(12)2)20-9-6-15(17(14)19)18-7-4-3-5-8-18/h10-11,15,17,19H,3-9H2,1-2H3. The fourth-order valence-electron chi connectivity index (χ4n) is 3.46. The topological polar surface area (TPSA) is 32.7 Å². The third kappa shape index (κ3) is 2.57. The van der Waals surface area contributed by atoms with Crippen molar-refractivity contribution in [3.63, 3.8) is 0 Å². The van der Waals surface area contributed by atoms with Crippen LogP contribution < -0.4 is 4.74 Å². The number of aliphatic hydroxyl groups excluding tert-OH is 1. The molecule has 20 heavy (non-hydrogen) atoms.